The van der Waals surface area contributed by atoms with E-state index in [-0.39, 0.29) is 5.56 Å². The monoisotopic (exact) mass is 191 g/mol. The Morgan fingerprint density at radius 3 is 2.92 bits per heavy atom. The first-order chi connectivity index (χ1) is 6.22. The van der Waals surface area contributed by atoms with Gasteiger partial charge in [-0.1, -0.05) is 5.92 Å². The van der Waals surface area contributed by atoms with Gasteiger partial charge < -0.3 is 4.74 Å². The molecule has 0 N–H and O–H groups in total. The van der Waals surface area contributed by atoms with Crippen molar-refractivity contribution in [2.24, 2.45) is 0 Å². The smallest absolute Gasteiger partial charge is 0.340 e. The molecule has 3 nitrogen and oxygen atoms in total. The van der Waals surface area contributed by atoms with E-state index < -0.39 is 5.97 Å². The summed E-state index contributed by atoms with van der Waals surface area (Å²) in [7, 11) is 1.26. The molecule has 1 aromatic rings. The maximum atomic E-state index is 11.1. The van der Waals surface area contributed by atoms with Crippen LogP contribution in [0.1, 0.15) is 20.1 Å². The van der Waals surface area contributed by atoms with E-state index in [1.165, 1.54) is 13.2 Å². The predicted octanol–water partition coefficient (Wildman–Crippen LogP) is 1.39. The van der Waals surface area contributed by atoms with Crippen LogP contribution in [0.25, 0.3) is 0 Å². The van der Waals surface area contributed by atoms with Crippen molar-refractivity contribution >= 4 is 17.3 Å². The summed E-state index contributed by atoms with van der Waals surface area (Å²) in [6.45, 7) is 0. The molecule has 0 saturated carbocycles. The molecule has 1 rings (SSSR count). The third kappa shape index (κ3) is 1.69. The number of thiophene rings is 1. The van der Waals surface area contributed by atoms with E-state index in [9.17, 15) is 4.79 Å². The highest BCUT2D eigenvalue weighted by Crippen LogP contribution is 2.21. The predicted molar refractivity (Wildman–Crippen MR) is 48.3 cm³/mol. The average Bonchev–Trinajstić information content (AvgIpc) is 2.59. The molecule has 1 heterocycles. The van der Waals surface area contributed by atoms with Gasteiger partial charge in [-0.05, 0) is 6.07 Å². The van der Waals surface area contributed by atoms with E-state index >= 15 is 0 Å². The molecule has 0 saturated heterocycles. The molecule has 0 atom stereocenters. The summed E-state index contributed by atoms with van der Waals surface area (Å²) in [5, 5.41) is 8.66. The highest BCUT2D eigenvalue weighted by atomic mass is 32.1. The quantitative estimate of drug-likeness (QED) is 0.498. The Balaban J connectivity index is 3.23. The van der Waals surface area contributed by atoms with Gasteiger partial charge in [0, 0.05) is 0 Å². The molecule has 13 heavy (non-hydrogen) atoms. The van der Waals surface area contributed by atoms with Crippen LogP contribution in [0.4, 0.5) is 0 Å². The average molecular weight is 191 g/mol. The normalized spacial score (nSPS) is 8.54. The first-order valence-electron chi connectivity index (χ1n) is 3.31. The zero-order valence-electron chi connectivity index (χ0n) is 6.83. The number of carbonyl (C=O) groups is 1. The van der Waals surface area contributed by atoms with Crippen molar-refractivity contribution in [2.75, 3.05) is 7.11 Å². The molecule has 0 aliphatic carbocycles. The van der Waals surface area contributed by atoms with Crippen LogP contribution in [-0.2, 0) is 4.74 Å². The molecule has 0 bridgehead atoms. The molecule has 0 fully saturated rings. The van der Waals surface area contributed by atoms with Crippen LogP contribution in [0.3, 0.4) is 0 Å². The van der Waals surface area contributed by atoms with Gasteiger partial charge in [-0.25, -0.2) is 4.79 Å². The summed E-state index contributed by atoms with van der Waals surface area (Å²) >= 11 is 1.11. The second-order valence-electron chi connectivity index (χ2n) is 2.10. The zero-order valence-corrected chi connectivity index (χ0v) is 7.64. The number of esters is 1. The fraction of sp³-hybridized carbons (Fsp3) is 0.111. The van der Waals surface area contributed by atoms with Gasteiger partial charge >= 0.3 is 5.97 Å². The van der Waals surface area contributed by atoms with Crippen molar-refractivity contribution in [1.29, 1.82) is 5.26 Å². The van der Waals surface area contributed by atoms with Gasteiger partial charge in [0.25, 0.3) is 0 Å². The van der Waals surface area contributed by atoms with Crippen LogP contribution < -0.4 is 0 Å². The number of nitriles is 1. The number of hydrogen-bond acceptors (Lipinski definition) is 4. The van der Waals surface area contributed by atoms with Gasteiger partial charge in [-0.3, -0.25) is 0 Å². The lowest BCUT2D eigenvalue weighted by Gasteiger charge is -1.93. The molecule has 0 aliphatic heterocycles. The highest BCUT2D eigenvalue weighted by molar-refractivity contribution is 7.13. The summed E-state index contributed by atoms with van der Waals surface area (Å²) in [6.07, 6.45) is 5.13. The fourth-order valence-electron chi connectivity index (χ4n) is 0.807. The van der Waals surface area contributed by atoms with Crippen molar-refractivity contribution in [3.8, 4) is 18.4 Å². The van der Waals surface area contributed by atoms with Crippen LogP contribution in [-0.4, -0.2) is 13.1 Å². The van der Waals surface area contributed by atoms with Crippen molar-refractivity contribution in [2.45, 2.75) is 0 Å². The van der Waals surface area contributed by atoms with Crippen molar-refractivity contribution in [1.82, 2.24) is 0 Å². The van der Waals surface area contributed by atoms with Gasteiger partial charge in [0.05, 0.1) is 17.6 Å². The number of hydrogen-bond donors (Lipinski definition) is 0. The lowest BCUT2D eigenvalue weighted by molar-refractivity contribution is 0.0601. The summed E-state index contributed by atoms with van der Waals surface area (Å²) in [4.78, 5) is 11.9. The number of terminal acetylenes is 1. The first kappa shape index (κ1) is 9.31. The van der Waals surface area contributed by atoms with Gasteiger partial charge in [0.15, 0.2) is 0 Å². The Bertz CT molecular complexity index is 420. The first-order valence-corrected chi connectivity index (χ1v) is 4.13. The van der Waals surface area contributed by atoms with Crippen molar-refractivity contribution in [3.05, 3.63) is 21.4 Å². The van der Waals surface area contributed by atoms with Gasteiger partial charge in [-0.2, -0.15) is 5.26 Å². The Labute approximate surface area is 79.6 Å². The van der Waals surface area contributed by atoms with Crippen LogP contribution in [0.5, 0.6) is 0 Å². The Kier molecular flexibility index (Phi) is 2.69. The fourth-order valence-corrected chi connectivity index (χ4v) is 1.56. The van der Waals surface area contributed by atoms with Gasteiger partial charge in [0.2, 0.25) is 0 Å². The number of rotatable bonds is 1. The number of methoxy groups -OCH3 is 1. The largest absolute Gasteiger partial charge is 0.465 e. The summed E-state index contributed by atoms with van der Waals surface area (Å²) in [5.41, 5.74) is 0.239. The molecule has 0 unspecified atom stereocenters. The van der Waals surface area contributed by atoms with E-state index in [4.69, 9.17) is 11.7 Å². The molecule has 0 amide bonds. The molecule has 4 heteroatoms. The molecular formula is C9H5NO2S. The summed E-state index contributed by atoms with van der Waals surface area (Å²) in [6, 6.07) is 3.37. The third-order valence-electron chi connectivity index (χ3n) is 1.38. The lowest BCUT2D eigenvalue weighted by Crippen LogP contribution is -2.00. The summed E-state index contributed by atoms with van der Waals surface area (Å²) < 4.78 is 4.48. The molecule has 1 aromatic heterocycles. The minimum absolute atomic E-state index is 0.239. The van der Waals surface area contributed by atoms with Crippen LogP contribution in [0.2, 0.25) is 0 Å². The van der Waals surface area contributed by atoms with Crippen LogP contribution in [0, 0.1) is 23.7 Å². The van der Waals surface area contributed by atoms with E-state index in [0.29, 0.717) is 9.75 Å². The Morgan fingerprint density at radius 2 is 2.46 bits per heavy atom. The third-order valence-corrected chi connectivity index (χ3v) is 2.35. The molecular weight excluding hydrogens is 186 g/mol. The lowest BCUT2D eigenvalue weighted by atomic mass is 10.2. The second-order valence-corrected chi connectivity index (χ2v) is 3.15. The molecule has 0 radical (unpaired) electrons. The highest BCUT2D eigenvalue weighted by Gasteiger charge is 2.15. The Hall–Kier alpha value is -1.78. The van der Waals surface area contributed by atoms with E-state index in [1.807, 2.05) is 6.07 Å². The summed E-state index contributed by atoms with van der Waals surface area (Å²) in [5.74, 6) is 1.83. The molecule has 0 aliphatic rings. The SMILES string of the molecule is C#Cc1cc(C(=O)OC)c(C#N)s1. The maximum Gasteiger partial charge on any atom is 0.340 e. The maximum absolute atomic E-state index is 11.1. The molecule has 0 aromatic carbocycles. The van der Waals surface area contributed by atoms with E-state index in [0.717, 1.165) is 11.3 Å². The van der Waals surface area contributed by atoms with E-state index in [2.05, 4.69) is 10.7 Å². The number of nitrogens with zero attached hydrogens (tertiary/aromatic N) is 1. The minimum Gasteiger partial charge on any atom is -0.465 e. The van der Waals surface area contributed by atoms with Crippen LogP contribution in [0.15, 0.2) is 6.07 Å². The van der Waals surface area contributed by atoms with Crippen LogP contribution >= 0.6 is 11.3 Å². The number of carbonyl (C=O) groups excluding carboxylic acids is 1. The molecule has 0 spiro atoms. The van der Waals surface area contributed by atoms with Gasteiger partial charge in [0.1, 0.15) is 10.9 Å². The Morgan fingerprint density at radius 1 is 1.77 bits per heavy atom. The topological polar surface area (TPSA) is 50.1 Å². The second kappa shape index (κ2) is 3.75. The standard InChI is InChI=1S/C9H5NO2S/c1-3-6-4-7(9(11)12-2)8(5-10)13-6/h1,4H,2H3. The van der Waals surface area contributed by atoms with Gasteiger partial charge in [-0.15, -0.1) is 17.8 Å². The number of ether oxygens (including phenoxy) is 1. The molecule has 64 valence electrons. The van der Waals surface area contributed by atoms with E-state index in [1.54, 1.807) is 0 Å². The van der Waals surface area contributed by atoms with Crippen molar-refractivity contribution in [3.63, 3.8) is 0 Å². The zero-order chi connectivity index (χ0) is 9.84. The minimum atomic E-state index is -0.533. The van der Waals surface area contributed by atoms with Crippen molar-refractivity contribution < 1.29 is 9.53 Å².